The Bertz CT molecular complexity index is 1180. The molecular weight excluding hydrogens is 460 g/mol. The molecule has 3 amide bonds. The van der Waals surface area contributed by atoms with Gasteiger partial charge in [0.25, 0.3) is 5.56 Å². The van der Waals surface area contributed by atoms with E-state index in [1.807, 2.05) is 24.3 Å². The first-order valence-corrected chi connectivity index (χ1v) is 14.1. The second kappa shape index (κ2) is 8.95. The Morgan fingerprint density at radius 3 is 2.34 bits per heavy atom. The number of thioether (sulfide) groups is 1. The zero-order valence-electron chi connectivity index (χ0n) is 20.3. The highest BCUT2D eigenvalue weighted by Crippen LogP contribution is 2.55. The van der Waals surface area contributed by atoms with Gasteiger partial charge in [0.05, 0.1) is 16.2 Å². The fraction of sp³-hybridized carbons (Fsp3) is 0.630. The first-order valence-electron chi connectivity index (χ1n) is 13.2. The van der Waals surface area contributed by atoms with E-state index in [4.69, 9.17) is 4.98 Å². The van der Waals surface area contributed by atoms with E-state index in [1.54, 1.807) is 11.5 Å². The molecular formula is C27H34N4O3S. The molecule has 7 nitrogen and oxygen atoms in total. The Balaban J connectivity index is 1.17. The summed E-state index contributed by atoms with van der Waals surface area (Å²) in [5.74, 6) is 1.81. The molecule has 5 fully saturated rings. The fourth-order valence-electron chi connectivity index (χ4n) is 7.65. The molecule has 5 saturated carbocycles. The van der Waals surface area contributed by atoms with Crippen molar-refractivity contribution in [3.05, 3.63) is 34.6 Å². The van der Waals surface area contributed by atoms with E-state index >= 15 is 0 Å². The second-order valence-corrected chi connectivity index (χ2v) is 12.7. The van der Waals surface area contributed by atoms with Crippen LogP contribution < -0.4 is 16.2 Å². The molecule has 186 valence electrons. The highest BCUT2D eigenvalue weighted by atomic mass is 32.2. The summed E-state index contributed by atoms with van der Waals surface area (Å²) in [6.07, 6.45) is 11.1. The fourth-order valence-corrected chi connectivity index (χ4v) is 8.63. The minimum Gasteiger partial charge on any atom is -0.332 e. The van der Waals surface area contributed by atoms with E-state index in [2.05, 4.69) is 10.6 Å². The lowest BCUT2D eigenvalue weighted by Gasteiger charge is -2.56. The lowest BCUT2D eigenvalue weighted by Crippen LogP contribution is -2.62. The van der Waals surface area contributed by atoms with Gasteiger partial charge in [-0.05, 0) is 88.2 Å². The molecule has 1 aromatic heterocycles. The van der Waals surface area contributed by atoms with Crippen molar-refractivity contribution in [3.8, 4) is 0 Å². The van der Waals surface area contributed by atoms with E-state index < -0.39 is 5.25 Å². The number of benzene rings is 1. The van der Waals surface area contributed by atoms with Crippen LogP contribution in [0.3, 0.4) is 0 Å². The summed E-state index contributed by atoms with van der Waals surface area (Å²) in [7, 11) is 0. The molecule has 2 aromatic rings. The maximum Gasteiger partial charge on any atom is 0.321 e. The van der Waals surface area contributed by atoms with Crippen LogP contribution in [0.25, 0.3) is 10.9 Å². The van der Waals surface area contributed by atoms with Gasteiger partial charge in [-0.1, -0.05) is 36.7 Å². The Hall–Kier alpha value is -2.35. The van der Waals surface area contributed by atoms with Gasteiger partial charge in [0.2, 0.25) is 5.91 Å². The third-order valence-corrected chi connectivity index (χ3v) is 9.84. The van der Waals surface area contributed by atoms with Crippen molar-refractivity contribution in [1.82, 2.24) is 20.2 Å². The number of nitrogens with one attached hydrogen (secondary N) is 2. The molecule has 8 heteroatoms. The molecule has 0 aliphatic heterocycles. The Kier molecular flexibility index (Phi) is 5.90. The van der Waals surface area contributed by atoms with Crippen LogP contribution in [0.4, 0.5) is 4.79 Å². The van der Waals surface area contributed by atoms with E-state index in [1.165, 1.54) is 31.0 Å². The summed E-state index contributed by atoms with van der Waals surface area (Å²) in [5.41, 5.74) is 0.455. The third kappa shape index (κ3) is 4.39. The maximum atomic E-state index is 13.4. The zero-order valence-corrected chi connectivity index (χ0v) is 21.1. The summed E-state index contributed by atoms with van der Waals surface area (Å²) in [4.78, 5) is 44.0. The summed E-state index contributed by atoms with van der Waals surface area (Å²) < 4.78 is 1.79. The van der Waals surface area contributed by atoms with Crippen LogP contribution in [0.5, 0.6) is 0 Å². The molecule has 1 aromatic carbocycles. The number of carbonyl (C=O) groups excluding carboxylic acids is 2. The number of para-hydroxylation sites is 1. The Morgan fingerprint density at radius 2 is 1.69 bits per heavy atom. The molecule has 35 heavy (non-hydrogen) atoms. The predicted molar refractivity (Wildman–Crippen MR) is 136 cm³/mol. The van der Waals surface area contributed by atoms with Crippen LogP contribution in [0.2, 0.25) is 0 Å². The van der Waals surface area contributed by atoms with Gasteiger partial charge >= 0.3 is 6.03 Å². The lowest BCUT2D eigenvalue weighted by molar-refractivity contribution is -0.119. The van der Waals surface area contributed by atoms with Crippen LogP contribution in [-0.2, 0) is 4.79 Å². The van der Waals surface area contributed by atoms with Crippen LogP contribution in [0.1, 0.15) is 77.2 Å². The lowest BCUT2D eigenvalue weighted by atomic mass is 9.53. The van der Waals surface area contributed by atoms with Gasteiger partial charge in [0.1, 0.15) is 0 Å². The van der Waals surface area contributed by atoms with Crippen molar-refractivity contribution in [2.45, 2.75) is 93.1 Å². The van der Waals surface area contributed by atoms with E-state index in [0.29, 0.717) is 16.1 Å². The molecule has 0 spiro atoms. The SMILES string of the molecule is C[C@H](Sc1nc2ccccc2c(=O)n1C1CCCC1)C(=O)NC(=O)NC12CC3CC(CC(C3)C1)C2. The van der Waals surface area contributed by atoms with Crippen LogP contribution >= 0.6 is 11.8 Å². The number of amides is 3. The second-order valence-electron chi connectivity index (χ2n) is 11.4. The van der Waals surface area contributed by atoms with Gasteiger partial charge < -0.3 is 5.32 Å². The maximum absolute atomic E-state index is 13.4. The number of nitrogens with zero attached hydrogens (tertiary/aromatic N) is 2. The van der Waals surface area contributed by atoms with Crippen molar-refractivity contribution in [1.29, 1.82) is 0 Å². The summed E-state index contributed by atoms with van der Waals surface area (Å²) in [6.45, 7) is 1.78. The van der Waals surface area contributed by atoms with Gasteiger partial charge in [-0.2, -0.15) is 0 Å². The molecule has 2 N–H and O–H groups in total. The van der Waals surface area contributed by atoms with Crippen LogP contribution in [-0.4, -0.2) is 32.3 Å². The van der Waals surface area contributed by atoms with Gasteiger partial charge in [0.15, 0.2) is 5.16 Å². The standard InChI is InChI=1S/C27H34N4O3S/c1-16(23(32)29-25(34)30-27-13-17-10-18(14-27)12-19(11-17)15-27)35-26-28-22-9-5-4-8-21(22)24(33)31(26)20-6-2-3-7-20/h4-5,8-9,16-20H,2-3,6-7,10-15H2,1H3,(H2,29,30,32,34)/t16-,17?,18?,19?,27?/m0/s1. The molecule has 7 rings (SSSR count). The Labute approximate surface area is 209 Å². The Morgan fingerprint density at radius 1 is 1.06 bits per heavy atom. The minimum atomic E-state index is -0.558. The third-order valence-electron chi connectivity index (χ3n) is 8.77. The number of urea groups is 1. The molecule has 1 atom stereocenters. The topological polar surface area (TPSA) is 93.1 Å². The molecule has 0 saturated heterocycles. The molecule has 5 aliphatic rings. The van der Waals surface area contributed by atoms with Gasteiger partial charge in [0, 0.05) is 11.6 Å². The number of hydrogen-bond donors (Lipinski definition) is 2. The normalized spacial score (nSPS) is 30.5. The van der Waals surface area contributed by atoms with Crippen molar-refractivity contribution < 1.29 is 9.59 Å². The number of hydrogen-bond acceptors (Lipinski definition) is 5. The van der Waals surface area contributed by atoms with Crippen molar-refractivity contribution in [2.75, 3.05) is 0 Å². The molecule has 1 heterocycles. The van der Waals surface area contributed by atoms with Gasteiger partial charge in [-0.3, -0.25) is 19.5 Å². The number of fused-ring (bicyclic) bond motifs is 1. The smallest absolute Gasteiger partial charge is 0.321 e. The van der Waals surface area contributed by atoms with Gasteiger partial charge in [-0.25, -0.2) is 9.78 Å². The summed E-state index contributed by atoms with van der Waals surface area (Å²) in [5, 5.41) is 6.41. The molecule has 0 radical (unpaired) electrons. The molecule has 5 aliphatic carbocycles. The zero-order chi connectivity index (χ0) is 24.2. The van der Waals surface area contributed by atoms with Crippen LogP contribution in [0, 0.1) is 17.8 Å². The van der Waals surface area contributed by atoms with E-state index in [0.717, 1.165) is 62.7 Å². The number of rotatable bonds is 5. The first kappa shape index (κ1) is 23.1. The summed E-state index contributed by atoms with van der Waals surface area (Å²) in [6, 6.07) is 7.10. The highest BCUT2D eigenvalue weighted by Gasteiger charge is 2.51. The van der Waals surface area contributed by atoms with Gasteiger partial charge in [-0.15, -0.1) is 0 Å². The number of carbonyl (C=O) groups is 2. The van der Waals surface area contributed by atoms with Crippen molar-refractivity contribution >= 4 is 34.6 Å². The number of aromatic nitrogens is 2. The largest absolute Gasteiger partial charge is 0.332 e. The summed E-state index contributed by atoms with van der Waals surface area (Å²) >= 11 is 1.27. The average Bonchev–Trinajstić information content (AvgIpc) is 3.32. The van der Waals surface area contributed by atoms with Crippen molar-refractivity contribution in [3.63, 3.8) is 0 Å². The van der Waals surface area contributed by atoms with E-state index in [9.17, 15) is 14.4 Å². The highest BCUT2D eigenvalue weighted by molar-refractivity contribution is 8.00. The molecule has 0 unspecified atom stereocenters. The first-order chi connectivity index (χ1) is 16.9. The van der Waals surface area contributed by atoms with E-state index in [-0.39, 0.29) is 29.1 Å². The molecule has 4 bridgehead atoms. The minimum absolute atomic E-state index is 0.0443. The van der Waals surface area contributed by atoms with Crippen LogP contribution in [0.15, 0.2) is 34.2 Å². The predicted octanol–water partition coefficient (Wildman–Crippen LogP) is 4.79. The van der Waals surface area contributed by atoms with Crippen molar-refractivity contribution in [2.24, 2.45) is 17.8 Å². The monoisotopic (exact) mass is 494 g/mol. The average molecular weight is 495 g/mol. The number of imide groups is 1. The quantitative estimate of drug-likeness (QED) is 0.461.